The fourth-order valence-corrected chi connectivity index (χ4v) is 3.37. The Morgan fingerprint density at radius 2 is 1.96 bits per heavy atom. The van der Waals surface area contributed by atoms with Gasteiger partial charge in [0.25, 0.3) is 5.91 Å². The van der Waals surface area contributed by atoms with E-state index in [4.69, 9.17) is 0 Å². The highest BCUT2D eigenvalue weighted by atomic mass is 32.1. The Kier molecular flexibility index (Phi) is 3.82. The number of nitrogens with one attached hydrogen (secondary N) is 2. The van der Waals surface area contributed by atoms with Gasteiger partial charge in [0.15, 0.2) is 10.8 Å². The second-order valence-electron chi connectivity index (χ2n) is 5.91. The number of fused-ring (bicyclic) bond motifs is 1. The molecule has 0 aliphatic heterocycles. The molecule has 2 aromatic carbocycles. The molecule has 2 heterocycles. The maximum Gasteiger partial charge on any atom is 0.278 e. The topological polar surface area (TPSA) is 70.7 Å². The van der Waals surface area contributed by atoms with Crippen molar-refractivity contribution in [1.29, 1.82) is 0 Å². The zero-order valence-corrected chi connectivity index (χ0v) is 14.6. The van der Waals surface area contributed by atoms with E-state index in [0.29, 0.717) is 10.8 Å². The van der Waals surface area contributed by atoms with Crippen molar-refractivity contribution in [3.63, 3.8) is 0 Å². The monoisotopic (exact) mass is 348 g/mol. The van der Waals surface area contributed by atoms with Gasteiger partial charge in [0.1, 0.15) is 0 Å². The first kappa shape index (κ1) is 15.5. The number of thiazole rings is 1. The number of para-hydroxylation sites is 1. The van der Waals surface area contributed by atoms with Crippen LogP contribution >= 0.6 is 11.3 Å². The van der Waals surface area contributed by atoms with Crippen LogP contribution in [0.2, 0.25) is 0 Å². The molecule has 0 spiro atoms. The van der Waals surface area contributed by atoms with Gasteiger partial charge >= 0.3 is 0 Å². The molecule has 0 aliphatic rings. The lowest BCUT2D eigenvalue weighted by atomic mass is 10.1. The van der Waals surface area contributed by atoms with Crippen molar-refractivity contribution in [2.24, 2.45) is 0 Å². The van der Waals surface area contributed by atoms with Gasteiger partial charge in [0.2, 0.25) is 0 Å². The van der Waals surface area contributed by atoms with Crippen molar-refractivity contribution in [2.45, 2.75) is 13.8 Å². The number of anilines is 1. The van der Waals surface area contributed by atoms with Gasteiger partial charge in [0.05, 0.1) is 11.2 Å². The Hall–Kier alpha value is -2.99. The second-order valence-corrected chi connectivity index (χ2v) is 6.77. The minimum atomic E-state index is -0.265. The van der Waals surface area contributed by atoms with Gasteiger partial charge in [-0.1, -0.05) is 30.3 Å². The summed E-state index contributed by atoms with van der Waals surface area (Å²) in [5.74, 6) is -0.265. The molecule has 0 atom stereocenters. The van der Waals surface area contributed by atoms with E-state index in [-0.39, 0.29) is 5.91 Å². The van der Waals surface area contributed by atoms with Gasteiger partial charge in [-0.15, -0.1) is 11.3 Å². The SMILES string of the molecule is Cc1ccc(-c2csc(NC(=O)c3n[nH]c4ccccc34)n2)cc1C. The highest BCUT2D eigenvalue weighted by Crippen LogP contribution is 2.27. The highest BCUT2D eigenvalue weighted by Gasteiger charge is 2.15. The van der Waals surface area contributed by atoms with Gasteiger partial charge in [-0.25, -0.2) is 4.98 Å². The first-order valence-electron chi connectivity index (χ1n) is 7.89. The summed E-state index contributed by atoms with van der Waals surface area (Å²) in [6.07, 6.45) is 0. The number of amides is 1. The molecule has 4 aromatic rings. The maximum atomic E-state index is 12.5. The molecule has 0 unspecified atom stereocenters. The standard InChI is InChI=1S/C19H16N4OS/c1-11-7-8-13(9-12(11)2)16-10-25-19(20-16)21-18(24)17-14-5-3-4-6-15(14)22-23-17/h3-10H,1-2H3,(H,22,23)(H,20,21,24). The number of aromatic nitrogens is 3. The third kappa shape index (κ3) is 2.92. The van der Waals surface area contributed by atoms with Crippen LogP contribution in [0.15, 0.2) is 47.8 Å². The summed E-state index contributed by atoms with van der Waals surface area (Å²) in [6, 6.07) is 13.8. The lowest BCUT2D eigenvalue weighted by Gasteiger charge is -2.02. The van der Waals surface area contributed by atoms with Crippen LogP contribution in [0, 0.1) is 13.8 Å². The fourth-order valence-electron chi connectivity index (χ4n) is 2.66. The number of aromatic amines is 1. The van der Waals surface area contributed by atoms with E-state index in [1.807, 2.05) is 35.7 Å². The molecule has 6 heteroatoms. The van der Waals surface area contributed by atoms with Gasteiger partial charge in [-0.2, -0.15) is 5.10 Å². The summed E-state index contributed by atoms with van der Waals surface area (Å²) in [7, 11) is 0. The first-order chi connectivity index (χ1) is 12.1. The van der Waals surface area contributed by atoms with Crippen LogP contribution < -0.4 is 5.32 Å². The summed E-state index contributed by atoms with van der Waals surface area (Å²) in [6.45, 7) is 4.16. The molecule has 2 N–H and O–H groups in total. The van der Waals surface area contributed by atoms with E-state index in [1.54, 1.807) is 0 Å². The van der Waals surface area contributed by atoms with Crippen LogP contribution in [0.4, 0.5) is 5.13 Å². The van der Waals surface area contributed by atoms with Crippen molar-refractivity contribution < 1.29 is 4.79 Å². The van der Waals surface area contributed by atoms with Crippen LogP contribution in [-0.2, 0) is 0 Å². The smallest absolute Gasteiger partial charge is 0.278 e. The maximum absolute atomic E-state index is 12.5. The van der Waals surface area contributed by atoms with Gasteiger partial charge < -0.3 is 0 Å². The second kappa shape index (κ2) is 6.14. The molecule has 0 bridgehead atoms. The summed E-state index contributed by atoms with van der Waals surface area (Å²) >= 11 is 1.40. The van der Waals surface area contributed by atoms with Crippen LogP contribution in [0.25, 0.3) is 22.2 Å². The number of hydrogen-bond donors (Lipinski definition) is 2. The largest absolute Gasteiger partial charge is 0.296 e. The van der Waals surface area contributed by atoms with Crippen molar-refractivity contribution in [3.8, 4) is 11.3 Å². The predicted octanol–water partition coefficient (Wildman–Crippen LogP) is 4.56. The molecule has 5 nitrogen and oxygen atoms in total. The number of aryl methyl sites for hydroxylation is 2. The molecule has 0 radical (unpaired) electrons. The third-order valence-corrected chi connectivity index (χ3v) is 4.97. The zero-order chi connectivity index (χ0) is 17.4. The molecule has 0 saturated carbocycles. The minimum Gasteiger partial charge on any atom is -0.296 e. The van der Waals surface area contributed by atoms with E-state index in [1.165, 1.54) is 22.5 Å². The zero-order valence-electron chi connectivity index (χ0n) is 13.8. The van der Waals surface area contributed by atoms with E-state index in [9.17, 15) is 4.79 Å². The lowest BCUT2D eigenvalue weighted by molar-refractivity contribution is 0.102. The third-order valence-electron chi connectivity index (χ3n) is 4.21. The Bertz CT molecular complexity index is 1080. The number of H-pyrrole nitrogens is 1. The first-order valence-corrected chi connectivity index (χ1v) is 8.77. The molecule has 0 aliphatic carbocycles. The van der Waals surface area contributed by atoms with E-state index in [0.717, 1.165) is 22.2 Å². The van der Waals surface area contributed by atoms with Crippen LogP contribution in [-0.4, -0.2) is 21.1 Å². The number of carbonyl (C=O) groups excluding carboxylic acids is 1. The average Bonchev–Trinajstić information content (AvgIpc) is 3.24. The number of rotatable bonds is 3. The Labute approximate surface area is 148 Å². The minimum absolute atomic E-state index is 0.265. The fraction of sp³-hybridized carbons (Fsp3) is 0.105. The van der Waals surface area contributed by atoms with E-state index in [2.05, 4.69) is 46.5 Å². The molecule has 0 fully saturated rings. The number of hydrogen-bond acceptors (Lipinski definition) is 4. The number of nitrogens with zero attached hydrogens (tertiary/aromatic N) is 2. The molecule has 124 valence electrons. The van der Waals surface area contributed by atoms with Crippen molar-refractivity contribution >= 4 is 33.3 Å². The molecule has 0 saturated heterocycles. The molecule has 4 rings (SSSR count). The van der Waals surface area contributed by atoms with Crippen molar-refractivity contribution in [2.75, 3.05) is 5.32 Å². The normalized spacial score (nSPS) is 11.0. The molecular weight excluding hydrogens is 332 g/mol. The Balaban J connectivity index is 1.58. The highest BCUT2D eigenvalue weighted by molar-refractivity contribution is 7.14. The van der Waals surface area contributed by atoms with E-state index < -0.39 is 0 Å². The Morgan fingerprint density at radius 3 is 2.80 bits per heavy atom. The van der Waals surface area contributed by atoms with Gasteiger partial charge in [0, 0.05) is 16.3 Å². The van der Waals surface area contributed by atoms with Crippen molar-refractivity contribution in [3.05, 3.63) is 64.7 Å². The molecule has 2 aromatic heterocycles. The van der Waals surface area contributed by atoms with Crippen LogP contribution in [0.3, 0.4) is 0 Å². The van der Waals surface area contributed by atoms with Crippen molar-refractivity contribution in [1.82, 2.24) is 15.2 Å². The summed E-state index contributed by atoms with van der Waals surface area (Å²) in [5.41, 5.74) is 5.58. The van der Waals surface area contributed by atoms with Crippen LogP contribution in [0.5, 0.6) is 0 Å². The quantitative estimate of drug-likeness (QED) is 0.570. The molecule has 1 amide bonds. The van der Waals surface area contributed by atoms with Crippen LogP contribution in [0.1, 0.15) is 21.6 Å². The average molecular weight is 348 g/mol. The predicted molar refractivity (Wildman–Crippen MR) is 101 cm³/mol. The summed E-state index contributed by atoms with van der Waals surface area (Å²) in [4.78, 5) is 17.0. The number of carbonyl (C=O) groups is 1. The summed E-state index contributed by atoms with van der Waals surface area (Å²) < 4.78 is 0. The Morgan fingerprint density at radius 1 is 1.12 bits per heavy atom. The lowest BCUT2D eigenvalue weighted by Crippen LogP contribution is -2.12. The van der Waals surface area contributed by atoms with Gasteiger partial charge in [-0.05, 0) is 37.1 Å². The summed E-state index contributed by atoms with van der Waals surface area (Å²) in [5, 5.41) is 13.1. The molecule has 25 heavy (non-hydrogen) atoms. The van der Waals surface area contributed by atoms with E-state index >= 15 is 0 Å². The molecular formula is C19H16N4OS. The number of benzene rings is 2. The van der Waals surface area contributed by atoms with Gasteiger partial charge in [-0.3, -0.25) is 15.2 Å².